The molecule has 1 amide bonds. The van der Waals surface area contributed by atoms with Crippen LogP contribution >= 0.6 is 11.6 Å². The van der Waals surface area contributed by atoms with E-state index < -0.39 is 16.1 Å². The zero-order valence-corrected chi connectivity index (χ0v) is 19.8. The summed E-state index contributed by atoms with van der Waals surface area (Å²) in [6, 6.07) is 25.0. The predicted molar refractivity (Wildman–Crippen MR) is 130 cm³/mol. The molecule has 32 heavy (non-hydrogen) atoms. The number of anilines is 1. The lowest BCUT2D eigenvalue weighted by Gasteiger charge is -2.34. The molecule has 0 aliphatic rings. The molecule has 5 nitrogen and oxygen atoms in total. The van der Waals surface area contributed by atoms with Crippen LogP contribution in [0.4, 0.5) is 5.69 Å². The van der Waals surface area contributed by atoms with Gasteiger partial charge in [0.05, 0.1) is 11.9 Å². The molecule has 3 aromatic carbocycles. The average molecular weight is 471 g/mol. The van der Waals surface area contributed by atoms with E-state index in [1.54, 1.807) is 29.2 Å². The highest BCUT2D eigenvalue weighted by atomic mass is 35.5. The molecular weight excluding hydrogens is 444 g/mol. The molecule has 0 unspecified atom stereocenters. The summed E-state index contributed by atoms with van der Waals surface area (Å²) in [5.74, 6) is -0.259. The van der Waals surface area contributed by atoms with Gasteiger partial charge in [-0.3, -0.25) is 9.10 Å². The van der Waals surface area contributed by atoms with Crippen molar-refractivity contribution >= 4 is 33.2 Å². The number of sulfonamides is 1. The predicted octanol–water partition coefficient (Wildman–Crippen LogP) is 5.11. The summed E-state index contributed by atoms with van der Waals surface area (Å²) in [5.41, 5.74) is 2.32. The highest BCUT2D eigenvalue weighted by Crippen LogP contribution is 2.27. The Morgan fingerprint density at radius 2 is 1.41 bits per heavy atom. The van der Waals surface area contributed by atoms with Gasteiger partial charge < -0.3 is 4.90 Å². The van der Waals surface area contributed by atoms with Crippen molar-refractivity contribution in [3.8, 4) is 0 Å². The van der Waals surface area contributed by atoms with Gasteiger partial charge in [0.25, 0.3) is 0 Å². The molecule has 0 radical (unpaired) electrons. The van der Waals surface area contributed by atoms with E-state index in [1.165, 1.54) is 4.31 Å². The zero-order valence-electron chi connectivity index (χ0n) is 18.2. The summed E-state index contributed by atoms with van der Waals surface area (Å²) in [6.45, 7) is 2.56. The fourth-order valence-electron chi connectivity index (χ4n) is 3.69. The highest BCUT2D eigenvalue weighted by Gasteiger charge is 2.34. The van der Waals surface area contributed by atoms with Crippen LogP contribution in [0.2, 0.25) is 5.02 Å². The number of amides is 1. The Morgan fingerprint density at radius 3 is 1.84 bits per heavy atom. The maximum absolute atomic E-state index is 13.8. The van der Waals surface area contributed by atoms with E-state index in [0.29, 0.717) is 30.2 Å². The van der Waals surface area contributed by atoms with Gasteiger partial charge in [-0.05, 0) is 35.7 Å². The molecule has 0 saturated carbocycles. The van der Waals surface area contributed by atoms with Crippen molar-refractivity contribution in [3.63, 3.8) is 0 Å². The van der Waals surface area contributed by atoms with Crippen LogP contribution in [0.15, 0.2) is 84.9 Å². The summed E-state index contributed by atoms with van der Waals surface area (Å²) in [4.78, 5) is 15.5. The fraction of sp³-hybridized carbons (Fsp3) is 0.240. The van der Waals surface area contributed by atoms with Gasteiger partial charge in [-0.1, -0.05) is 85.3 Å². The molecule has 168 valence electrons. The monoisotopic (exact) mass is 470 g/mol. The van der Waals surface area contributed by atoms with Gasteiger partial charge >= 0.3 is 0 Å². The SMILES string of the molecule is CC[C@H](C(=O)N(Cc1ccccc1)Cc1ccccc1)N(c1cccc(Cl)c1)S(C)(=O)=O. The second-order valence-corrected chi connectivity index (χ2v) is 9.92. The second-order valence-electron chi connectivity index (χ2n) is 7.63. The van der Waals surface area contributed by atoms with E-state index in [0.717, 1.165) is 17.4 Å². The average Bonchev–Trinajstić information content (AvgIpc) is 2.77. The van der Waals surface area contributed by atoms with Gasteiger partial charge in [-0.15, -0.1) is 0 Å². The van der Waals surface area contributed by atoms with Gasteiger partial charge in [0.15, 0.2) is 0 Å². The molecule has 1 atom stereocenters. The van der Waals surface area contributed by atoms with E-state index in [2.05, 4.69) is 0 Å². The minimum Gasteiger partial charge on any atom is -0.332 e. The summed E-state index contributed by atoms with van der Waals surface area (Å²) < 4.78 is 26.8. The van der Waals surface area contributed by atoms with Crippen molar-refractivity contribution in [1.82, 2.24) is 4.90 Å². The van der Waals surface area contributed by atoms with Crippen LogP contribution in [0.5, 0.6) is 0 Å². The van der Waals surface area contributed by atoms with Gasteiger partial charge in [-0.25, -0.2) is 8.42 Å². The minimum absolute atomic E-state index is 0.259. The summed E-state index contributed by atoms with van der Waals surface area (Å²) in [5, 5.41) is 0.406. The van der Waals surface area contributed by atoms with E-state index in [-0.39, 0.29) is 5.91 Å². The molecule has 0 aliphatic carbocycles. The van der Waals surface area contributed by atoms with Gasteiger partial charge in [0.2, 0.25) is 15.9 Å². The largest absolute Gasteiger partial charge is 0.332 e. The van der Waals surface area contributed by atoms with Crippen LogP contribution in [0.25, 0.3) is 0 Å². The quantitative estimate of drug-likeness (QED) is 0.436. The Bertz CT molecular complexity index is 1100. The molecule has 0 heterocycles. The first-order chi connectivity index (χ1) is 15.3. The lowest BCUT2D eigenvalue weighted by molar-refractivity contribution is -0.133. The Kier molecular flexibility index (Phi) is 7.94. The normalized spacial score (nSPS) is 12.2. The Labute approximate surface area is 195 Å². The minimum atomic E-state index is -3.74. The Balaban J connectivity index is 2.00. The van der Waals surface area contributed by atoms with Crippen LogP contribution in [-0.2, 0) is 27.9 Å². The second kappa shape index (κ2) is 10.7. The molecule has 0 aliphatic heterocycles. The number of halogens is 1. The first-order valence-electron chi connectivity index (χ1n) is 10.4. The number of carbonyl (C=O) groups is 1. The number of rotatable bonds is 9. The molecule has 3 rings (SSSR count). The fourth-order valence-corrected chi connectivity index (χ4v) is 5.07. The molecule has 0 aromatic heterocycles. The topological polar surface area (TPSA) is 57.7 Å². The maximum Gasteiger partial charge on any atom is 0.247 e. The summed E-state index contributed by atoms with van der Waals surface area (Å²) >= 11 is 6.13. The molecular formula is C25H27ClN2O3S. The third-order valence-corrected chi connectivity index (χ3v) is 6.53. The van der Waals surface area contributed by atoms with Crippen molar-refractivity contribution in [1.29, 1.82) is 0 Å². The van der Waals surface area contributed by atoms with Crippen LogP contribution in [0.1, 0.15) is 24.5 Å². The van der Waals surface area contributed by atoms with E-state index in [9.17, 15) is 13.2 Å². The summed E-state index contributed by atoms with van der Waals surface area (Å²) in [7, 11) is -3.74. The number of hydrogen-bond acceptors (Lipinski definition) is 3. The maximum atomic E-state index is 13.8. The van der Waals surface area contributed by atoms with Crippen molar-refractivity contribution < 1.29 is 13.2 Å². The van der Waals surface area contributed by atoms with Crippen LogP contribution in [-0.4, -0.2) is 31.5 Å². The van der Waals surface area contributed by atoms with E-state index in [1.807, 2.05) is 67.6 Å². The summed E-state index contributed by atoms with van der Waals surface area (Å²) in [6.07, 6.45) is 1.43. The van der Waals surface area contributed by atoms with E-state index >= 15 is 0 Å². The first-order valence-corrected chi connectivity index (χ1v) is 12.6. The third kappa shape index (κ3) is 6.11. The molecule has 0 bridgehead atoms. The number of carbonyl (C=O) groups excluding carboxylic acids is 1. The first kappa shape index (κ1) is 23.8. The van der Waals surface area contributed by atoms with Crippen molar-refractivity contribution in [2.45, 2.75) is 32.5 Å². The van der Waals surface area contributed by atoms with Crippen molar-refractivity contribution in [2.24, 2.45) is 0 Å². The lowest BCUT2D eigenvalue weighted by Crippen LogP contribution is -2.50. The highest BCUT2D eigenvalue weighted by molar-refractivity contribution is 7.92. The van der Waals surface area contributed by atoms with E-state index in [4.69, 9.17) is 11.6 Å². The molecule has 0 N–H and O–H groups in total. The van der Waals surface area contributed by atoms with Crippen molar-refractivity contribution in [3.05, 3.63) is 101 Å². The molecule has 7 heteroatoms. The van der Waals surface area contributed by atoms with Crippen LogP contribution in [0, 0.1) is 0 Å². The number of hydrogen-bond donors (Lipinski definition) is 0. The van der Waals surface area contributed by atoms with Crippen LogP contribution in [0.3, 0.4) is 0 Å². The van der Waals surface area contributed by atoms with Gasteiger partial charge in [0, 0.05) is 18.1 Å². The third-order valence-electron chi connectivity index (χ3n) is 5.12. The molecule has 0 fully saturated rings. The number of benzene rings is 3. The Morgan fingerprint density at radius 1 is 0.875 bits per heavy atom. The smallest absolute Gasteiger partial charge is 0.247 e. The van der Waals surface area contributed by atoms with Gasteiger partial charge in [0.1, 0.15) is 6.04 Å². The van der Waals surface area contributed by atoms with Crippen LogP contribution < -0.4 is 4.31 Å². The molecule has 0 saturated heterocycles. The molecule has 3 aromatic rings. The zero-order chi connectivity index (χ0) is 23.1. The Hall–Kier alpha value is -2.83. The van der Waals surface area contributed by atoms with Crippen molar-refractivity contribution in [2.75, 3.05) is 10.6 Å². The standard InChI is InChI=1S/C25H27ClN2O3S/c1-3-24(28(32(2,30)31)23-16-10-15-22(26)17-23)25(29)27(18-20-11-6-4-7-12-20)19-21-13-8-5-9-14-21/h4-17,24H,3,18-19H2,1-2H3/t24-/m1/s1. The van der Waals surface area contributed by atoms with Gasteiger partial charge in [-0.2, -0.15) is 0 Å². The number of nitrogens with zero attached hydrogens (tertiary/aromatic N) is 2. The molecule has 0 spiro atoms. The lowest BCUT2D eigenvalue weighted by atomic mass is 10.1.